The lowest BCUT2D eigenvalue weighted by molar-refractivity contribution is 0.114. The molecule has 6 aromatic rings. The highest BCUT2D eigenvalue weighted by molar-refractivity contribution is 5.84. The zero-order chi connectivity index (χ0) is 31.5. The van der Waals surface area contributed by atoms with Crippen LogP contribution in [0.2, 0.25) is 0 Å². The lowest BCUT2D eigenvalue weighted by Crippen LogP contribution is -2.31. The molecule has 0 amide bonds. The second-order valence-corrected chi connectivity index (χ2v) is 10.2. The molecule has 0 radical (unpaired) electrons. The van der Waals surface area contributed by atoms with Crippen molar-refractivity contribution < 1.29 is 23.0 Å². The normalized spacial score (nSPS) is 12.0. The summed E-state index contributed by atoms with van der Waals surface area (Å²) in [6.07, 6.45) is 2.95. The van der Waals surface area contributed by atoms with Gasteiger partial charge >= 0.3 is 0 Å². The summed E-state index contributed by atoms with van der Waals surface area (Å²) in [5.41, 5.74) is 7.03. The minimum atomic E-state index is -0.887. The van der Waals surface area contributed by atoms with Crippen molar-refractivity contribution in [2.45, 2.75) is 19.1 Å². The Balaban J connectivity index is 1.47. The number of phenolic OH excluding ortho intramolecular Hbond substituents is 1. The molecule has 3 heterocycles. The van der Waals surface area contributed by atoms with E-state index in [-0.39, 0.29) is 58.6 Å². The van der Waals surface area contributed by atoms with Gasteiger partial charge in [0.25, 0.3) is 5.56 Å². The molecular formula is C32H26F3N7O3. The van der Waals surface area contributed by atoms with Crippen LogP contribution in [0, 0.1) is 17.5 Å². The first-order valence-electron chi connectivity index (χ1n) is 13.8. The van der Waals surface area contributed by atoms with Crippen LogP contribution in [-0.4, -0.2) is 35.9 Å². The van der Waals surface area contributed by atoms with Gasteiger partial charge in [0.1, 0.15) is 46.7 Å². The number of ether oxygens (including phenoxy) is 1. The Kier molecular flexibility index (Phi) is 8.16. The van der Waals surface area contributed by atoms with Gasteiger partial charge in [-0.3, -0.25) is 9.36 Å². The van der Waals surface area contributed by atoms with E-state index in [1.165, 1.54) is 23.0 Å². The van der Waals surface area contributed by atoms with Gasteiger partial charge in [0.2, 0.25) is 0 Å². The van der Waals surface area contributed by atoms with E-state index in [0.29, 0.717) is 12.7 Å². The summed E-state index contributed by atoms with van der Waals surface area (Å²) in [5, 5.41) is 18.0. The summed E-state index contributed by atoms with van der Waals surface area (Å²) in [7, 11) is 0. The van der Waals surface area contributed by atoms with Gasteiger partial charge in [0, 0.05) is 24.9 Å². The van der Waals surface area contributed by atoms with Crippen LogP contribution >= 0.6 is 0 Å². The van der Waals surface area contributed by atoms with Crippen molar-refractivity contribution in [3.05, 3.63) is 131 Å². The molecule has 3 aromatic carbocycles. The van der Waals surface area contributed by atoms with E-state index in [1.54, 1.807) is 12.3 Å². The number of rotatable bonds is 10. The first-order chi connectivity index (χ1) is 21.8. The predicted molar refractivity (Wildman–Crippen MR) is 161 cm³/mol. The molecule has 4 N–H and O–H groups in total. The van der Waals surface area contributed by atoms with Crippen molar-refractivity contribution >= 4 is 17.2 Å². The first-order valence-corrected chi connectivity index (χ1v) is 13.8. The van der Waals surface area contributed by atoms with Crippen molar-refractivity contribution in [2.75, 3.05) is 17.7 Å². The molecule has 0 saturated heterocycles. The van der Waals surface area contributed by atoms with Gasteiger partial charge in [-0.1, -0.05) is 30.3 Å². The zero-order valence-electron chi connectivity index (χ0n) is 23.6. The predicted octanol–water partition coefficient (Wildman–Crippen LogP) is 5.41. The fraction of sp³-hybridized carbons (Fsp3) is 0.125. The minimum absolute atomic E-state index is 0.0185. The fourth-order valence-corrected chi connectivity index (χ4v) is 5.05. The first kappa shape index (κ1) is 29.4. The number of benzene rings is 3. The molecule has 1 unspecified atom stereocenters. The van der Waals surface area contributed by atoms with Gasteiger partial charge < -0.3 is 20.9 Å². The molecule has 0 aliphatic heterocycles. The zero-order valence-corrected chi connectivity index (χ0v) is 23.6. The molecule has 228 valence electrons. The summed E-state index contributed by atoms with van der Waals surface area (Å²) in [4.78, 5) is 22.2. The topological polar surface area (TPSA) is 133 Å². The molecule has 3 aromatic heterocycles. The van der Waals surface area contributed by atoms with Gasteiger partial charge in [0.05, 0.1) is 23.9 Å². The second kappa shape index (κ2) is 12.5. The number of phenols is 1. The van der Waals surface area contributed by atoms with Crippen LogP contribution in [0.4, 0.5) is 24.8 Å². The summed E-state index contributed by atoms with van der Waals surface area (Å²) in [6.45, 7) is 0.453. The number of nitrogen functional groups attached to an aromatic ring is 1. The Morgan fingerprint density at radius 2 is 1.69 bits per heavy atom. The molecule has 0 spiro atoms. The number of aromatic nitrogens is 5. The number of halogens is 3. The molecule has 6 rings (SSSR count). The summed E-state index contributed by atoms with van der Waals surface area (Å²) >= 11 is 0. The highest BCUT2D eigenvalue weighted by Crippen LogP contribution is 2.35. The Labute approximate surface area is 254 Å². The quantitative estimate of drug-likeness (QED) is 0.175. The van der Waals surface area contributed by atoms with Gasteiger partial charge in [-0.25, -0.2) is 27.7 Å². The number of nitrogens with two attached hydrogens (primary N) is 1. The average Bonchev–Trinajstić information content (AvgIpc) is 3.47. The summed E-state index contributed by atoms with van der Waals surface area (Å²) < 4.78 is 51.6. The second-order valence-electron chi connectivity index (χ2n) is 10.2. The Morgan fingerprint density at radius 3 is 2.44 bits per heavy atom. The monoisotopic (exact) mass is 613 g/mol. The molecule has 0 aliphatic carbocycles. The van der Waals surface area contributed by atoms with Crippen molar-refractivity contribution in [2.24, 2.45) is 0 Å². The number of nitrogens with zero attached hydrogens (tertiary/aromatic N) is 5. The Bertz CT molecular complexity index is 2010. The van der Waals surface area contributed by atoms with Gasteiger partial charge in [-0.05, 0) is 53.9 Å². The number of fused-ring (bicyclic) bond motifs is 1. The Hall–Kier alpha value is -5.69. The number of hydrogen-bond acceptors (Lipinski definition) is 8. The van der Waals surface area contributed by atoms with Gasteiger partial charge in [0.15, 0.2) is 5.82 Å². The average molecular weight is 614 g/mol. The third-order valence-corrected chi connectivity index (χ3v) is 7.03. The minimum Gasteiger partial charge on any atom is -0.508 e. The number of nitrogens with one attached hydrogen (secondary N) is 1. The molecule has 0 saturated carbocycles. The van der Waals surface area contributed by atoms with Crippen LogP contribution in [0.5, 0.6) is 5.75 Å². The van der Waals surface area contributed by atoms with E-state index in [2.05, 4.69) is 20.4 Å². The van der Waals surface area contributed by atoms with Crippen molar-refractivity contribution in [3.63, 3.8) is 0 Å². The van der Waals surface area contributed by atoms with Crippen LogP contribution < -0.4 is 16.6 Å². The third-order valence-electron chi connectivity index (χ3n) is 7.03. The number of anilines is 2. The summed E-state index contributed by atoms with van der Waals surface area (Å²) in [5.74, 6) is -2.65. The standard InChI is InChI=1S/C32H26F3N7O3/c33-21-11-20(12-25(43)16-21)28-29(36)37-18-38-30(28)39-26(8-10-45-17-19-5-2-1-3-6-19)31-40-41-9-4-7-27(41)32(44)42(31)24-14-22(34)13-23(35)15-24/h1-7,9,11-16,18,26,43H,8,10,17H2,(H3,36,37,38,39). The van der Waals surface area contributed by atoms with E-state index in [9.17, 15) is 23.1 Å². The van der Waals surface area contributed by atoms with Crippen LogP contribution in [0.1, 0.15) is 23.9 Å². The largest absolute Gasteiger partial charge is 0.508 e. The smallest absolute Gasteiger partial charge is 0.282 e. The number of aromatic hydroxyl groups is 1. The fourth-order valence-electron chi connectivity index (χ4n) is 5.05. The van der Waals surface area contributed by atoms with Crippen molar-refractivity contribution in [1.29, 1.82) is 0 Å². The van der Waals surface area contributed by atoms with Crippen LogP contribution in [0.15, 0.2) is 96.2 Å². The molecule has 45 heavy (non-hydrogen) atoms. The van der Waals surface area contributed by atoms with Crippen molar-refractivity contribution in [1.82, 2.24) is 24.1 Å². The highest BCUT2D eigenvalue weighted by atomic mass is 19.1. The molecule has 13 heteroatoms. The molecule has 10 nitrogen and oxygen atoms in total. The van der Waals surface area contributed by atoms with Gasteiger partial charge in [-0.2, -0.15) is 5.10 Å². The van der Waals surface area contributed by atoms with Crippen LogP contribution in [0.3, 0.4) is 0 Å². The maximum Gasteiger partial charge on any atom is 0.282 e. The number of hydrogen-bond donors (Lipinski definition) is 3. The summed E-state index contributed by atoms with van der Waals surface area (Å²) in [6, 6.07) is 17.9. The SMILES string of the molecule is Nc1ncnc(NC(CCOCc2ccccc2)c2nn3cccc3c(=O)n2-c2cc(F)cc(F)c2)c1-c1cc(O)cc(F)c1. The third kappa shape index (κ3) is 6.33. The Morgan fingerprint density at radius 1 is 0.933 bits per heavy atom. The lowest BCUT2D eigenvalue weighted by Gasteiger charge is -2.24. The maximum atomic E-state index is 14.4. The molecule has 1 atom stereocenters. The maximum absolute atomic E-state index is 14.4. The van der Waals surface area contributed by atoms with Crippen LogP contribution in [-0.2, 0) is 11.3 Å². The van der Waals surface area contributed by atoms with E-state index in [0.717, 1.165) is 34.4 Å². The van der Waals surface area contributed by atoms with E-state index >= 15 is 0 Å². The van der Waals surface area contributed by atoms with E-state index in [4.69, 9.17) is 10.5 Å². The highest BCUT2D eigenvalue weighted by Gasteiger charge is 2.25. The van der Waals surface area contributed by atoms with Gasteiger partial charge in [-0.15, -0.1) is 0 Å². The molecular weight excluding hydrogens is 587 g/mol. The molecule has 0 aliphatic rings. The van der Waals surface area contributed by atoms with Crippen LogP contribution in [0.25, 0.3) is 22.3 Å². The van der Waals surface area contributed by atoms with E-state index in [1.807, 2.05) is 30.3 Å². The van der Waals surface area contributed by atoms with Crippen molar-refractivity contribution in [3.8, 4) is 22.6 Å². The van der Waals surface area contributed by atoms with E-state index < -0.39 is 29.1 Å². The molecule has 0 fully saturated rings. The lowest BCUT2D eigenvalue weighted by atomic mass is 10.1. The molecule has 0 bridgehead atoms.